The van der Waals surface area contributed by atoms with E-state index in [-0.39, 0.29) is 24.2 Å². The Hall–Kier alpha value is -2.45. The zero-order chi connectivity index (χ0) is 20.1. The molecule has 1 N–H and O–H groups in total. The van der Waals surface area contributed by atoms with Gasteiger partial charge in [0.25, 0.3) is 0 Å². The lowest BCUT2D eigenvalue weighted by Gasteiger charge is -2.31. The number of nitrogens with one attached hydrogen (secondary N) is 1. The van der Waals surface area contributed by atoms with Crippen LogP contribution < -0.4 is 11.0 Å². The molecule has 2 aliphatic rings. The smallest absolute Gasteiger partial charge is 0.346 e. The molecule has 0 bridgehead atoms. The zero-order valence-electron chi connectivity index (χ0n) is 16.8. The van der Waals surface area contributed by atoms with E-state index in [2.05, 4.69) is 15.3 Å². The summed E-state index contributed by atoms with van der Waals surface area (Å²) in [4.78, 5) is 27.7. The third-order valence-electron chi connectivity index (χ3n) is 5.66. The molecule has 1 unspecified atom stereocenters. The molecule has 0 radical (unpaired) electrons. The molecule has 1 amide bonds. The Morgan fingerprint density at radius 2 is 1.90 bits per heavy atom. The van der Waals surface area contributed by atoms with Crippen molar-refractivity contribution in [2.75, 3.05) is 32.8 Å². The number of nitrogens with zero attached hydrogens (tertiary/aromatic N) is 4. The molecule has 0 spiro atoms. The van der Waals surface area contributed by atoms with Crippen molar-refractivity contribution < 1.29 is 9.53 Å². The van der Waals surface area contributed by atoms with Crippen LogP contribution in [0.2, 0.25) is 0 Å². The Bertz CT molecular complexity index is 870. The Balaban J connectivity index is 1.46. The van der Waals surface area contributed by atoms with E-state index in [4.69, 9.17) is 4.74 Å². The number of benzene rings is 1. The van der Waals surface area contributed by atoms with E-state index in [1.165, 1.54) is 4.68 Å². The number of aromatic nitrogens is 3. The lowest BCUT2D eigenvalue weighted by atomic mass is 10.1. The van der Waals surface area contributed by atoms with Crippen molar-refractivity contribution in [1.82, 2.24) is 24.6 Å². The summed E-state index contributed by atoms with van der Waals surface area (Å²) in [7, 11) is 0. The van der Waals surface area contributed by atoms with Gasteiger partial charge in [-0.15, -0.1) is 0 Å². The van der Waals surface area contributed by atoms with E-state index in [9.17, 15) is 9.59 Å². The topological polar surface area (TPSA) is 81.4 Å². The maximum atomic E-state index is 12.8. The molecule has 1 saturated heterocycles. The number of hydrogen-bond acceptors (Lipinski definition) is 5. The number of hydrogen-bond donors (Lipinski definition) is 1. The summed E-state index contributed by atoms with van der Waals surface area (Å²) in [5.74, 6) is 0.607. The van der Waals surface area contributed by atoms with E-state index >= 15 is 0 Å². The molecule has 1 atom stereocenters. The highest BCUT2D eigenvalue weighted by atomic mass is 16.5. The second-order valence-corrected chi connectivity index (χ2v) is 7.76. The minimum Gasteiger partial charge on any atom is -0.379 e. The maximum Gasteiger partial charge on any atom is 0.346 e. The van der Waals surface area contributed by atoms with Gasteiger partial charge in [-0.3, -0.25) is 14.3 Å². The fraction of sp³-hybridized carbons (Fsp3) is 0.571. The second kappa shape index (κ2) is 9.37. The number of rotatable bonds is 6. The van der Waals surface area contributed by atoms with E-state index in [0.29, 0.717) is 26.3 Å². The van der Waals surface area contributed by atoms with E-state index in [1.54, 1.807) is 4.57 Å². The molecule has 29 heavy (non-hydrogen) atoms. The lowest BCUT2D eigenvalue weighted by molar-refractivity contribution is -0.122. The van der Waals surface area contributed by atoms with Crippen molar-refractivity contribution in [2.24, 2.45) is 0 Å². The molecule has 0 aliphatic carbocycles. The summed E-state index contributed by atoms with van der Waals surface area (Å²) < 4.78 is 8.47. The summed E-state index contributed by atoms with van der Waals surface area (Å²) in [6.07, 6.45) is 3.94. The first-order valence-electron chi connectivity index (χ1n) is 10.5. The van der Waals surface area contributed by atoms with Crippen LogP contribution in [0.4, 0.5) is 0 Å². The molecule has 8 heteroatoms. The lowest BCUT2D eigenvalue weighted by Crippen LogP contribution is -2.44. The number of carbonyl (C=O) groups is 1. The molecule has 2 aromatic rings. The predicted molar refractivity (Wildman–Crippen MR) is 109 cm³/mol. The Morgan fingerprint density at radius 3 is 2.69 bits per heavy atom. The van der Waals surface area contributed by atoms with Gasteiger partial charge in [-0.05, 0) is 18.4 Å². The molecule has 4 rings (SSSR count). The third-order valence-corrected chi connectivity index (χ3v) is 5.66. The number of aryl methyl sites for hydroxylation is 1. The molecule has 2 aliphatic heterocycles. The van der Waals surface area contributed by atoms with Crippen molar-refractivity contribution in [3.8, 4) is 0 Å². The predicted octanol–water partition coefficient (Wildman–Crippen LogP) is 0.961. The molecular weight excluding hydrogens is 370 g/mol. The summed E-state index contributed by atoms with van der Waals surface area (Å²) in [6.45, 7) is 4.49. The number of amides is 1. The molecule has 1 fully saturated rings. The number of fused-ring (bicyclic) bond motifs is 1. The Kier molecular flexibility index (Phi) is 6.41. The van der Waals surface area contributed by atoms with Gasteiger partial charge in [-0.25, -0.2) is 9.48 Å². The second-order valence-electron chi connectivity index (χ2n) is 7.76. The van der Waals surface area contributed by atoms with Gasteiger partial charge >= 0.3 is 5.69 Å². The standard InChI is InChI=1S/C21H29N5O3/c27-20(16-26-21(28)25-10-6-2-5-9-19(25)23-26)22-18(17-7-3-1-4-8-17)15-24-11-13-29-14-12-24/h1,3-4,7-8,18H,2,5-6,9-16H2,(H,22,27). The van der Waals surface area contributed by atoms with Crippen LogP contribution in [0.3, 0.4) is 0 Å². The van der Waals surface area contributed by atoms with Crippen LogP contribution in [0.5, 0.6) is 0 Å². The van der Waals surface area contributed by atoms with E-state index in [0.717, 1.165) is 50.2 Å². The first-order valence-corrected chi connectivity index (χ1v) is 10.5. The monoisotopic (exact) mass is 399 g/mol. The van der Waals surface area contributed by atoms with Gasteiger partial charge in [0, 0.05) is 32.6 Å². The van der Waals surface area contributed by atoms with Crippen LogP contribution in [-0.2, 0) is 29.0 Å². The molecule has 8 nitrogen and oxygen atoms in total. The highest BCUT2D eigenvalue weighted by Crippen LogP contribution is 2.15. The van der Waals surface area contributed by atoms with Crippen molar-refractivity contribution >= 4 is 5.91 Å². The van der Waals surface area contributed by atoms with Crippen molar-refractivity contribution in [1.29, 1.82) is 0 Å². The van der Waals surface area contributed by atoms with Crippen LogP contribution in [0, 0.1) is 0 Å². The first-order chi connectivity index (χ1) is 14.2. The summed E-state index contributed by atoms with van der Waals surface area (Å²) in [5.41, 5.74) is 0.877. The fourth-order valence-corrected chi connectivity index (χ4v) is 4.07. The fourth-order valence-electron chi connectivity index (χ4n) is 4.07. The van der Waals surface area contributed by atoms with Crippen molar-refractivity contribution in [3.63, 3.8) is 0 Å². The minimum absolute atomic E-state index is 0.0503. The van der Waals surface area contributed by atoms with Gasteiger partial charge in [0.05, 0.1) is 19.3 Å². The molecule has 156 valence electrons. The van der Waals surface area contributed by atoms with Crippen LogP contribution in [0.15, 0.2) is 35.1 Å². The average molecular weight is 399 g/mol. The van der Waals surface area contributed by atoms with Gasteiger partial charge in [0.15, 0.2) is 0 Å². The molecule has 0 saturated carbocycles. The quantitative estimate of drug-likeness (QED) is 0.783. The van der Waals surface area contributed by atoms with Gasteiger partial charge < -0.3 is 10.1 Å². The van der Waals surface area contributed by atoms with Crippen LogP contribution >= 0.6 is 0 Å². The zero-order valence-corrected chi connectivity index (χ0v) is 16.8. The minimum atomic E-state index is -0.192. The summed E-state index contributed by atoms with van der Waals surface area (Å²) in [5, 5.41) is 7.54. The Morgan fingerprint density at radius 1 is 1.10 bits per heavy atom. The van der Waals surface area contributed by atoms with Crippen LogP contribution in [-0.4, -0.2) is 58.0 Å². The first kappa shape index (κ1) is 19.8. The third kappa shape index (κ3) is 4.94. The van der Waals surface area contributed by atoms with Crippen molar-refractivity contribution in [2.45, 2.75) is 44.8 Å². The van der Waals surface area contributed by atoms with E-state index < -0.39 is 0 Å². The Labute approximate surface area is 170 Å². The highest BCUT2D eigenvalue weighted by molar-refractivity contribution is 5.76. The van der Waals surface area contributed by atoms with Gasteiger partial charge in [0.1, 0.15) is 12.4 Å². The van der Waals surface area contributed by atoms with Crippen LogP contribution in [0.1, 0.15) is 36.7 Å². The van der Waals surface area contributed by atoms with Crippen molar-refractivity contribution in [3.05, 3.63) is 52.2 Å². The highest BCUT2D eigenvalue weighted by Gasteiger charge is 2.22. The number of morpholine rings is 1. The number of carbonyl (C=O) groups excluding carboxylic acids is 1. The SMILES string of the molecule is O=C(Cn1nc2n(c1=O)CCCCC2)NC(CN1CCOCC1)c1ccccc1. The van der Waals surface area contributed by atoms with Crippen LogP contribution in [0.25, 0.3) is 0 Å². The largest absolute Gasteiger partial charge is 0.379 e. The molecular formula is C21H29N5O3. The molecule has 3 heterocycles. The molecule has 1 aromatic carbocycles. The average Bonchev–Trinajstić information content (AvgIpc) is 2.91. The van der Waals surface area contributed by atoms with Gasteiger partial charge in [0.2, 0.25) is 5.91 Å². The molecule has 1 aromatic heterocycles. The summed E-state index contributed by atoms with van der Waals surface area (Å²) >= 11 is 0. The number of ether oxygens (including phenoxy) is 1. The van der Waals surface area contributed by atoms with Gasteiger partial charge in [-0.1, -0.05) is 36.8 Å². The van der Waals surface area contributed by atoms with Gasteiger partial charge in [-0.2, -0.15) is 5.10 Å². The normalized spacial score (nSPS) is 18.6. The maximum absolute atomic E-state index is 12.8. The summed E-state index contributed by atoms with van der Waals surface area (Å²) in [6, 6.07) is 9.83. The van der Waals surface area contributed by atoms with E-state index in [1.807, 2.05) is 30.3 Å².